The number of nitrogens with one attached hydrogen (secondary N) is 1. The molecule has 8 heteroatoms. The number of sulfonamides is 1. The molecule has 0 amide bonds. The molecule has 0 bridgehead atoms. The number of nitro groups is 1. The normalized spacial score (nSPS) is 11.3. The number of hydrogen-bond donors (Lipinski definition) is 2. The van der Waals surface area contributed by atoms with E-state index in [0.29, 0.717) is 5.69 Å². The lowest BCUT2D eigenvalue weighted by Gasteiger charge is -2.09. The molecule has 0 radical (unpaired) electrons. The van der Waals surface area contributed by atoms with Crippen LogP contribution in [0.4, 0.5) is 11.4 Å². The van der Waals surface area contributed by atoms with Crippen molar-refractivity contribution in [3.8, 4) is 5.75 Å². The van der Waals surface area contributed by atoms with Crippen molar-refractivity contribution >= 4 is 32.2 Å². The second kappa shape index (κ2) is 5.82. The van der Waals surface area contributed by atoms with Gasteiger partial charge in [-0.05, 0) is 35.0 Å². The Morgan fingerprint density at radius 2 is 1.67 bits per heavy atom. The van der Waals surface area contributed by atoms with Gasteiger partial charge >= 0.3 is 5.69 Å². The van der Waals surface area contributed by atoms with Crippen LogP contribution in [0.2, 0.25) is 0 Å². The SMILES string of the molecule is O=[N+]([O-])c1cc(S(=O)(=O)Nc2ccc3ccccc3c2)ccc1O. The summed E-state index contributed by atoms with van der Waals surface area (Å²) >= 11 is 0. The van der Waals surface area contributed by atoms with Gasteiger partial charge in [0, 0.05) is 11.8 Å². The quantitative estimate of drug-likeness (QED) is 0.557. The standard InChI is InChI=1S/C16H12N2O5S/c19-16-8-7-14(10-15(16)18(20)21)24(22,23)17-13-6-5-11-3-1-2-4-12(11)9-13/h1-10,17,19H. The van der Waals surface area contributed by atoms with Gasteiger partial charge in [-0.1, -0.05) is 30.3 Å². The topological polar surface area (TPSA) is 110 Å². The number of fused-ring (bicyclic) bond motifs is 1. The first-order chi connectivity index (χ1) is 11.4. The lowest BCUT2D eigenvalue weighted by atomic mass is 10.1. The molecular formula is C16H12N2O5S. The maximum Gasteiger partial charge on any atom is 0.312 e. The summed E-state index contributed by atoms with van der Waals surface area (Å²) in [6.45, 7) is 0. The van der Waals surface area contributed by atoms with E-state index in [0.717, 1.165) is 29.0 Å². The number of anilines is 1. The van der Waals surface area contributed by atoms with Crippen LogP contribution in [0.3, 0.4) is 0 Å². The van der Waals surface area contributed by atoms with E-state index in [1.54, 1.807) is 18.2 Å². The van der Waals surface area contributed by atoms with Gasteiger partial charge in [0.2, 0.25) is 0 Å². The first kappa shape index (κ1) is 15.8. The maximum absolute atomic E-state index is 12.4. The zero-order valence-electron chi connectivity index (χ0n) is 12.2. The van der Waals surface area contributed by atoms with Gasteiger partial charge in [-0.25, -0.2) is 8.42 Å². The van der Waals surface area contributed by atoms with Crippen LogP contribution in [0.5, 0.6) is 5.75 Å². The van der Waals surface area contributed by atoms with Crippen LogP contribution in [0.1, 0.15) is 0 Å². The van der Waals surface area contributed by atoms with E-state index in [4.69, 9.17) is 0 Å². The van der Waals surface area contributed by atoms with Crippen molar-refractivity contribution in [2.24, 2.45) is 0 Å². The number of phenols is 1. The van der Waals surface area contributed by atoms with E-state index in [1.165, 1.54) is 0 Å². The summed E-state index contributed by atoms with van der Waals surface area (Å²) in [6.07, 6.45) is 0. The Morgan fingerprint density at radius 1 is 0.958 bits per heavy atom. The molecule has 3 aromatic rings. The van der Waals surface area contributed by atoms with Crippen molar-refractivity contribution in [3.63, 3.8) is 0 Å². The predicted octanol–water partition coefficient (Wildman–Crippen LogP) is 3.25. The molecule has 0 saturated carbocycles. The Labute approximate surface area is 137 Å². The number of nitrogens with zero attached hydrogens (tertiary/aromatic N) is 1. The second-order valence-corrected chi connectivity index (χ2v) is 6.76. The number of rotatable bonds is 4. The van der Waals surface area contributed by atoms with Gasteiger partial charge < -0.3 is 5.11 Å². The molecule has 3 rings (SSSR count). The third-order valence-corrected chi connectivity index (χ3v) is 4.83. The monoisotopic (exact) mass is 344 g/mol. The number of hydrogen-bond acceptors (Lipinski definition) is 5. The molecule has 0 fully saturated rings. The molecule has 0 aliphatic rings. The molecule has 0 aromatic heterocycles. The van der Waals surface area contributed by atoms with Crippen molar-refractivity contribution in [2.75, 3.05) is 4.72 Å². The van der Waals surface area contributed by atoms with Crippen molar-refractivity contribution in [2.45, 2.75) is 4.90 Å². The van der Waals surface area contributed by atoms with Gasteiger partial charge in [0.05, 0.1) is 9.82 Å². The lowest BCUT2D eigenvalue weighted by Crippen LogP contribution is -2.13. The Balaban J connectivity index is 1.98. The van der Waals surface area contributed by atoms with Gasteiger partial charge in [0.25, 0.3) is 10.0 Å². The minimum Gasteiger partial charge on any atom is -0.502 e. The average Bonchev–Trinajstić information content (AvgIpc) is 2.54. The highest BCUT2D eigenvalue weighted by molar-refractivity contribution is 7.92. The average molecular weight is 344 g/mol. The van der Waals surface area contributed by atoms with Crippen molar-refractivity contribution in [3.05, 3.63) is 70.8 Å². The van der Waals surface area contributed by atoms with Gasteiger partial charge in [0.15, 0.2) is 5.75 Å². The molecule has 122 valence electrons. The number of aromatic hydroxyl groups is 1. The minimum absolute atomic E-state index is 0.305. The zero-order valence-corrected chi connectivity index (χ0v) is 13.0. The fraction of sp³-hybridized carbons (Fsp3) is 0. The van der Waals surface area contributed by atoms with Crippen molar-refractivity contribution in [1.82, 2.24) is 0 Å². The molecule has 2 N–H and O–H groups in total. The van der Waals surface area contributed by atoms with Crippen LogP contribution in [0, 0.1) is 10.1 Å². The summed E-state index contributed by atoms with van der Waals surface area (Å²) in [5, 5.41) is 22.1. The summed E-state index contributed by atoms with van der Waals surface area (Å²) in [7, 11) is -4.02. The second-order valence-electron chi connectivity index (χ2n) is 5.08. The molecule has 0 atom stereocenters. The third kappa shape index (κ3) is 2.99. The number of benzene rings is 3. The van der Waals surface area contributed by atoms with E-state index in [9.17, 15) is 23.6 Å². The molecule has 7 nitrogen and oxygen atoms in total. The van der Waals surface area contributed by atoms with Gasteiger partial charge in [-0.2, -0.15) is 0 Å². The Kier molecular flexibility index (Phi) is 3.82. The summed E-state index contributed by atoms with van der Waals surface area (Å²) in [5.74, 6) is -0.593. The molecule has 0 saturated heterocycles. The first-order valence-electron chi connectivity index (χ1n) is 6.86. The highest BCUT2D eigenvalue weighted by Gasteiger charge is 2.21. The molecule has 0 heterocycles. The molecule has 0 spiro atoms. The molecule has 3 aromatic carbocycles. The predicted molar refractivity (Wildman–Crippen MR) is 89.5 cm³/mol. The summed E-state index contributed by atoms with van der Waals surface area (Å²) in [5.41, 5.74) is -0.333. The number of nitro benzene ring substituents is 1. The van der Waals surface area contributed by atoms with E-state index in [2.05, 4.69) is 4.72 Å². The van der Waals surface area contributed by atoms with E-state index < -0.39 is 26.4 Å². The highest BCUT2D eigenvalue weighted by Crippen LogP contribution is 2.29. The molecule has 0 aliphatic carbocycles. The summed E-state index contributed by atoms with van der Waals surface area (Å²) < 4.78 is 27.2. The Bertz CT molecular complexity index is 1050. The van der Waals surface area contributed by atoms with Crippen LogP contribution >= 0.6 is 0 Å². The smallest absolute Gasteiger partial charge is 0.312 e. The van der Waals surface area contributed by atoms with E-state index in [1.807, 2.05) is 24.3 Å². The van der Waals surface area contributed by atoms with Crippen molar-refractivity contribution < 1.29 is 18.4 Å². The minimum atomic E-state index is -4.02. The first-order valence-corrected chi connectivity index (χ1v) is 8.34. The molecule has 0 unspecified atom stereocenters. The van der Waals surface area contributed by atoms with Crippen molar-refractivity contribution in [1.29, 1.82) is 0 Å². The summed E-state index contributed by atoms with van der Waals surface area (Å²) in [6, 6.07) is 15.4. The fourth-order valence-electron chi connectivity index (χ4n) is 2.28. The van der Waals surface area contributed by atoms with Crippen LogP contribution < -0.4 is 4.72 Å². The third-order valence-electron chi connectivity index (χ3n) is 3.46. The maximum atomic E-state index is 12.4. The van der Waals surface area contributed by atoms with Crippen LogP contribution in [0.15, 0.2) is 65.6 Å². The largest absolute Gasteiger partial charge is 0.502 e. The van der Waals surface area contributed by atoms with Crippen LogP contribution in [-0.2, 0) is 10.0 Å². The fourth-order valence-corrected chi connectivity index (χ4v) is 3.35. The molecule has 24 heavy (non-hydrogen) atoms. The summed E-state index contributed by atoms with van der Waals surface area (Å²) in [4.78, 5) is 9.69. The van der Waals surface area contributed by atoms with Gasteiger partial charge in [-0.15, -0.1) is 0 Å². The molecular weight excluding hydrogens is 332 g/mol. The van der Waals surface area contributed by atoms with Gasteiger partial charge in [-0.3, -0.25) is 14.8 Å². The molecule has 0 aliphatic heterocycles. The van der Waals surface area contributed by atoms with Crippen LogP contribution in [0.25, 0.3) is 10.8 Å². The van der Waals surface area contributed by atoms with Crippen LogP contribution in [-0.4, -0.2) is 18.4 Å². The highest BCUT2D eigenvalue weighted by atomic mass is 32.2. The lowest BCUT2D eigenvalue weighted by molar-refractivity contribution is -0.386. The zero-order chi connectivity index (χ0) is 17.3. The van der Waals surface area contributed by atoms with E-state index in [-0.39, 0.29) is 4.90 Å². The Hall–Kier alpha value is -3.13. The van der Waals surface area contributed by atoms with E-state index >= 15 is 0 Å². The number of phenolic OH excluding ortho intramolecular Hbond substituents is 1. The van der Waals surface area contributed by atoms with Gasteiger partial charge in [0.1, 0.15) is 0 Å². The Morgan fingerprint density at radius 3 is 2.38 bits per heavy atom.